The third kappa shape index (κ3) is 5.11. The van der Waals surface area contributed by atoms with Gasteiger partial charge in [0.1, 0.15) is 0 Å². The number of rotatable bonds is 4. The summed E-state index contributed by atoms with van der Waals surface area (Å²) >= 11 is 0. The van der Waals surface area contributed by atoms with Gasteiger partial charge in [0.15, 0.2) is 9.84 Å². The van der Waals surface area contributed by atoms with Crippen molar-refractivity contribution in [1.29, 1.82) is 0 Å². The van der Waals surface area contributed by atoms with E-state index in [-0.39, 0.29) is 10.8 Å². The number of nitrogens with one attached hydrogen (secondary N) is 2. The van der Waals surface area contributed by atoms with Gasteiger partial charge in [-0.1, -0.05) is 0 Å². The number of carbonyl (C=O) groups is 1. The molecule has 6 nitrogen and oxygen atoms in total. The first kappa shape index (κ1) is 15.9. The van der Waals surface area contributed by atoms with Gasteiger partial charge in [0.25, 0.3) is 0 Å². The first-order valence-electron chi connectivity index (χ1n) is 6.98. The van der Waals surface area contributed by atoms with Gasteiger partial charge >= 0.3 is 0 Å². The number of carbonyl (C=O) groups excluding carboxylic acids is 1. The molecule has 1 aliphatic rings. The zero-order valence-electron chi connectivity index (χ0n) is 12.1. The first-order valence-corrected chi connectivity index (χ1v) is 8.87. The van der Waals surface area contributed by atoms with Crippen LogP contribution in [0.5, 0.6) is 0 Å². The van der Waals surface area contributed by atoms with Gasteiger partial charge in [-0.3, -0.25) is 9.69 Å². The Balaban J connectivity index is 1.90. The fourth-order valence-corrected chi connectivity index (χ4v) is 2.88. The Morgan fingerprint density at radius 3 is 2.62 bits per heavy atom. The zero-order valence-corrected chi connectivity index (χ0v) is 12.9. The molecule has 1 aliphatic heterocycles. The molecule has 1 aromatic rings. The summed E-state index contributed by atoms with van der Waals surface area (Å²) in [6.45, 7) is 4.02. The smallest absolute Gasteiger partial charge is 0.238 e. The molecule has 0 saturated carbocycles. The summed E-state index contributed by atoms with van der Waals surface area (Å²) in [5, 5.41) is 6.08. The number of nitrogens with zero attached hydrogens (tertiary/aromatic N) is 1. The normalized spacial score (nSPS) is 17.2. The second-order valence-corrected chi connectivity index (χ2v) is 7.24. The van der Waals surface area contributed by atoms with Crippen LogP contribution in [-0.2, 0) is 14.6 Å². The number of anilines is 1. The summed E-state index contributed by atoms with van der Waals surface area (Å²) in [6, 6.07) is 6.22. The summed E-state index contributed by atoms with van der Waals surface area (Å²) in [7, 11) is -3.20. The Bertz CT molecular complexity index is 576. The highest BCUT2D eigenvalue weighted by molar-refractivity contribution is 7.90. The van der Waals surface area contributed by atoms with Gasteiger partial charge in [-0.2, -0.15) is 0 Å². The average molecular weight is 311 g/mol. The van der Waals surface area contributed by atoms with Crippen LogP contribution in [0.15, 0.2) is 29.2 Å². The maximum absolute atomic E-state index is 12.0. The van der Waals surface area contributed by atoms with E-state index in [0.717, 1.165) is 38.9 Å². The molecule has 2 rings (SSSR count). The molecule has 1 amide bonds. The molecule has 0 bridgehead atoms. The van der Waals surface area contributed by atoms with E-state index >= 15 is 0 Å². The van der Waals surface area contributed by atoms with Crippen molar-refractivity contribution in [2.75, 3.05) is 44.3 Å². The fraction of sp³-hybridized carbons (Fsp3) is 0.500. The minimum absolute atomic E-state index is 0.0796. The van der Waals surface area contributed by atoms with Crippen LogP contribution in [0.4, 0.5) is 5.69 Å². The standard InChI is InChI=1S/C14H21N3O3S/c1-21(19,20)13-5-3-12(4-6-13)16-14(18)11-17-9-2-7-15-8-10-17/h3-6,15H,2,7-11H2,1H3,(H,16,18). The monoisotopic (exact) mass is 311 g/mol. The Morgan fingerprint density at radius 2 is 1.95 bits per heavy atom. The van der Waals surface area contributed by atoms with Gasteiger partial charge in [-0.25, -0.2) is 8.42 Å². The van der Waals surface area contributed by atoms with E-state index in [1.54, 1.807) is 12.1 Å². The molecule has 116 valence electrons. The summed E-state index contributed by atoms with van der Waals surface area (Å²) < 4.78 is 22.7. The van der Waals surface area contributed by atoms with E-state index in [2.05, 4.69) is 15.5 Å². The van der Waals surface area contributed by atoms with Crippen molar-refractivity contribution in [2.24, 2.45) is 0 Å². The molecule has 1 saturated heterocycles. The average Bonchev–Trinajstić information content (AvgIpc) is 2.67. The molecule has 0 aliphatic carbocycles. The van der Waals surface area contributed by atoms with Crippen molar-refractivity contribution in [3.63, 3.8) is 0 Å². The van der Waals surface area contributed by atoms with Crippen molar-refractivity contribution < 1.29 is 13.2 Å². The predicted octanol–water partition coefficient (Wildman–Crippen LogP) is 0.324. The molecule has 0 spiro atoms. The van der Waals surface area contributed by atoms with Crippen LogP contribution < -0.4 is 10.6 Å². The van der Waals surface area contributed by atoms with Gasteiger partial charge in [0.2, 0.25) is 5.91 Å². The van der Waals surface area contributed by atoms with E-state index in [0.29, 0.717) is 12.2 Å². The number of benzene rings is 1. The highest BCUT2D eigenvalue weighted by Gasteiger charge is 2.13. The number of hydrogen-bond acceptors (Lipinski definition) is 5. The van der Waals surface area contributed by atoms with Crippen molar-refractivity contribution in [3.8, 4) is 0 Å². The SMILES string of the molecule is CS(=O)(=O)c1ccc(NC(=O)CN2CCCNCC2)cc1. The molecule has 0 atom stereocenters. The highest BCUT2D eigenvalue weighted by Crippen LogP contribution is 2.13. The lowest BCUT2D eigenvalue weighted by Crippen LogP contribution is -2.35. The second kappa shape index (κ2) is 7.02. The van der Waals surface area contributed by atoms with Crippen molar-refractivity contribution in [3.05, 3.63) is 24.3 Å². The number of amides is 1. The van der Waals surface area contributed by atoms with Crippen LogP contribution in [0.25, 0.3) is 0 Å². The van der Waals surface area contributed by atoms with Crippen LogP contribution in [0.2, 0.25) is 0 Å². The van der Waals surface area contributed by atoms with Crippen LogP contribution >= 0.6 is 0 Å². The predicted molar refractivity (Wildman–Crippen MR) is 82.1 cm³/mol. The lowest BCUT2D eigenvalue weighted by molar-refractivity contribution is -0.117. The summed E-state index contributed by atoms with van der Waals surface area (Å²) in [5.74, 6) is -0.0796. The van der Waals surface area contributed by atoms with Gasteiger partial charge in [-0.15, -0.1) is 0 Å². The van der Waals surface area contributed by atoms with E-state index in [1.165, 1.54) is 12.1 Å². The largest absolute Gasteiger partial charge is 0.325 e. The van der Waals surface area contributed by atoms with Crippen LogP contribution in [-0.4, -0.2) is 58.2 Å². The Kier molecular flexibility index (Phi) is 5.33. The second-order valence-electron chi connectivity index (χ2n) is 5.22. The molecular weight excluding hydrogens is 290 g/mol. The van der Waals surface area contributed by atoms with Crippen LogP contribution in [0.1, 0.15) is 6.42 Å². The van der Waals surface area contributed by atoms with Gasteiger partial charge in [0.05, 0.1) is 11.4 Å². The molecule has 1 heterocycles. The van der Waals surface area contributed by atoms with E-state index in [4.69, 9.17) is 0 Å². The van der Waals surface area contributed by atoms with E-state index < -0.39 is 9.84 Å². The zero-order chi connectivity index (χ0) is 15.3. The molecule has 7 heteroatoms. The molecule has 1 aromatic carbocycles. The van der Waals surface area contributed by atoms with E-state index in [9.17, 15) is 13.2 Å². The Morgan fingerprint density at radius 1 is 1.24 bits per heavy atom. The number of hydrogen-bond donors (Lipinski definition) is 2. The van der Waals surface area contributed by atoms with Crippen molar-refractivity contribution in [2.45, 2.75) is 11.3 Å². The molecular formula is C14H21N3O3S. The van der Waals surface area contributed by atoms with Crippen molar-refractivity contribution >= 4 is 21.4 Å². The topological polar surface area (TPSA) is 78.5 Å². The first-order chi connectivity index (χ1) is 9.95. The lowest BCUT2D eigenvalue weighted by atomic mass is 10.3. The molecule has 1 fully saturated rings. The van der Waals surface area contributed by atoms with Crippen molar-refractivity contribution in [1.82, 2.24) is 10.2 Å². The minimum Gasteiger partial charge on any atom is -0.325 e. The lowest BCUT2D eigenvalue weighted by Gasteiger charge is -2.18. The van der Waals surface area contributed by atoms with Crippen LogP contribution in [0.3, 0.4) is 0 Å². The quantitative estimate of drug-likeness (QED) is 0.837. The molecule has 21 heavy (non-hydrogen) atoms. The minimum atomic E-state index is -3.20. The van der Waals surface area contributed by atoms with Gasteiger partial charge in [-0.05, 0) is 43.8 Å². The maximum atomic E-state index is 12.0. The molecule has 0 radical (unpaired) electrons. The Labute approximate surface area is 125 Å². The Hall–Kier alpha value is -1.44. The number of sulfone groups is 1. The summed E-state index contributed by atoms with van der Waals surface area (Å²) in [6.07, 6.45) is 2.20. The fourth-order valence-electron chi connectivity index (χ4n) is 2.25. The summed E-state index contributed by atoms with van der Waals surface area (Å²) in [5.41, 5.74) is 0.611. The van der Waals surface area contributed by atoms with Crippen LogP contribution in [0, 0.1) is 0 Å². The maximum Gasteiger partial charge on any atom is 0.238 e. The van der Waals surface area contributed by atoms with E-state index in [1.807, 2.05) is 0 Å². The summed E-state index contributed by atoms with van der Waals surface area (Å²) in [4.78, 5) is 14.3. The molecule has 0 aromatic heterocycles. The molecule has 2 N–H and O–H groups in total. The highest BCUT2D eigenvalue weighted by atomic mass is 32.2. The van der Waals surface area contributed by atoms with Gasteiger partial charge in [0, 0.05) is 25.0 Å². The van der Waals surface area contributed by atoms with Gasteiger partial charge < -0.3 is 10.6 Å². The third-order valence-corrected chi connectivity index (χ3v) is 4.49. The third-order valence-electron chi connectivity index (χ3n) is 3.37. The molecule has 0 unspecified atom stereocenters.